The van der Waals surface area contributed by atoms with Crippen LogP contribution >= 0.6 is 0 Å². The molecule has 6 heteroatoms. The van der Waals surface area contributed by atoms with Gasteiger partial charge in [0.25, 0.3) is 5.78 Å². The van der Waals surface area contributed by atoms with Crippen molar-refractivity contribution in [2.75, 3.05) is 5.73 Å². The predicted octanol–water partition coefficient (Wildman–Crippen LogP) is 1.63. The molecule has 19 heavy (non-hydrogen) atoms. The van der Waals surface area contributed by atoms with Crippen molar-refractivity contribution in [2.45, 2.75) is 12.8 Å². The van der Waals surface area contributed by atoms with Crippen LogP contribution in [0.25, 0.3) is 5.78 Å². The summed E-state index contributed by atoms with van der Waals surface area (Å²) in [5.74, 6) is 0.470. The van der Waals surface area contributed by atoms with Crippen molar-refractivity contribution < 1.29 is 4.39 Å². The Bertz CT molecular complexity index is 722. The zero-order valence-corrected chi connectivity index (χ0v) is 10.1. The van der Waals surface area contributed by atoms with E-state index in [9.17, 15) is 4.39 Å². The lowest BCUT2D eigenvalue weighted by Gasteiger charge is -2.02. The Balaban J connectivity index is 1.80. The second-order valence-electron chi connectivity index (χ2n) is 4.22. The molecular formula is C13H12FN5. The molecule has 5 nitrogen and oxygen atoms in total. The van der Waals surface area contributed by atoms with E-state index in [1.54, 1.807) is 18.3 Å². The number of rotatable bonds is 3. The molecule has 3 aromatic rings. The van der Waals surface area contributed by atoms with Gasteiger partial charge in [-0.2, -0.15) is 4.98 Å². The summed E-state index contributed by atoms with van der Waals surface area (Å²) >= 11 is 0. The fraction of sp³-hybridized carbons (Fsp3) is 0.154. The highest BCUT2D eigenvalue weighted by Crippen LogP contribution is 2.10. The van der Waals surface area contributed by atoms with E-state index >= 15 is 0 Å². The van der Waals surface area contributed by atoms with Crippen LogP contribution in [0.3, 0.4) is 0 Å². The standard InChI is InChI=1S/C13H12FN5/c14-11-4-2-1-3-9(11)5-6-10-7-8-19-13(16-10)17-12(15)18-19/h1-4,7-8H,5-6H2,(H2,15,18). The monoisotopic (exact) mass is 257 g/mol. The number of fused-ring (bicyclic) bond motifs is 1. The summed E-state index contributed by atoms with van der Waals surface area (Å²) in [5, 5.41) is 3.95. The molecule has 0 saturated heterocycles. The van der Waals surface area contributed by atoms with Crippen LogP contribution < -0.4 is 5.73 Å². The van der Waals surface area contributed by atoms with Gasteiger partial charge in [-0.15, -0.1) is 5.10 Å². The van der Waals surface area contributed by atoms with Gasteiger partial charge in [0.2, 0.25) is 5.95 Å². The molecule has 2 N–H and O–H groups in total. The zero-order chi connectivity index (χ0) is 13.2. The molecule has 0 spiro atoms. The molecule has 0 radical (unpaired) electrons. The van der Waals surface area contributed by atoms with Crippen molar-refractivity contribution in [3.63, 3.8) is 0 Å². The van der Waals surface area contributed by atoms with Gasteiger partial charge in [0.05, 0.1) is 0 Å². The molecule has 2 aromatic heterocycles. The minimum Gasteiger partial charge on any atom is -0.366 e. The maximum absolute atomic E-state index is 13.5. The first-order chi connectivity index (χ1) is 9.22. The fourth-order valence-corrected chi connectivity index (χ4v) is 1.93. The molecule has 0 atom stereocenters. The van der Waals surface area contributed by atoms with Gasteiger partial charge in [0, 0.05) is 11.9 Å². The largest absolute Gasteiger partial charge is 0.366 e. The van der Waals surface area contributed by atoms with Gasteiger partial charge in [-0.1, -0.05) is 18.2 Å². The number of aryl methyl sites for hydroxylation is 2. The fourth-order valence-electron chi connectivity index (χ4n) is 1.93. The molecule has 1 aromatic carbocycles. The smallest absolute Gasteiger partial charge is 0.254 e. The first kappa shape index (κ1) is 11.6. The Morgan fingerprint density at radius 2 is 1.95 bits per heavy atom. The molecule has 2 heterocycles. The van der Waals surface area contributed by atoms with E-state index in [1.165, 1.54) is 10.6 Å². The highest BCUT2D eigenvalue weighted by Gasteiger charge is 2.05. The maximum atomic E-state index is 13.5. The summed E-state index contributed by atoms with van der Waals surface area (Å²) in [6.45, 7) is 0. The summed E-state index contributed by atoms with van der Waals surface area (Å²) in [4.78, 5) is 8.32. The molecule has 0 aliphatic heterocycles. The van der Waals surface area contributed by atoms with Crippen molar-refractivity contribution in [1.29, 1.82) is 0 Å². The van der Waals surface area contributed by atoms with Crippen molar-refractivity contribution in [3.8, 4) is 0 Å². The van der Waals surface area contributed by atoms with E-state index in [0.717, 1.165) is 5.69 Å². The molecule has 0 fully saturated rings. The Hall–Kier alpha value is -2.50. The van der Waals surface area contributed by atoms with E-state index in [2.05, 4.69) is 15.1 Å². The summed E-state index contributed by atoms with van der Waals surface area (Å²) < 4.78 is 15.0. The van der Waals surface area contributed by atoms with Crippen molar-refractivity contribution in [3.05, 3.63) is 53.6 Å². The lowest BCUT2D eigenvalue weighted by atomic mass is 10.1. The highest BCUT2D eigenvalue weighted by molar-refractivity contribution is 5.34. The topological polar surface area (TPSA) is 69.1 Å². The first-order valence-corrected chi connectivity index (χ1v) is 5.93. The van der Waals surface area contributed by atoms with Crippen molar-refractivity contribution >= 4 is 11.7 Å². The molecular weight excluding hydrogens is 245 g/mol. The number of aromatic nitrogens is 4. The lowest BCUT2D eigenvalue weighted by Crippen LogP contribution is -1.99. The third-order valence-electron chi connectivity index (χ3n) is 2.89. The van der Waals surface area contributed by atoms with Crippen LogP contribution in [0.4, 0.5) is 10.3 Å². The van der Waals surface area contributed by atoms with Crippen LogP contribution in [0, 0.1) is 5.82 Å². The molecule has 0 saturated carbocycles. The van der Waals surface area contributed by atoms with Gasteiger partial charge in [0.15, 0.2) is 0 Å². The Labute approximate surface area is 108 Å². The van der Waals surface area contributed by atoms with E-state index in [-0.39, 0.29) is 11.8 Å². The van der Waals surface area contributed by atoms with Crippen LogP contribution in [0.2, 0.25) is 0 Å². The lowest BCUT2D eigenvalue weighted by molar-refractivity contribution is 0.608. The third-order valence-corrected chi connectivity index (χ3v) is 2.89. The highest BCUT2D eigenvalue weighted by atomic mass is 19.1. The van der Waals surface area contributed by atoms with Gasteiger partial charge in [-0.25, -0.2) is 13.9 Å². The van der Waals surface area contributed by atoms with Gasteiger partial charge in [-0.3, -0.25) is 0 Å². The van der Waals surface area contributed by atoms with Crippen molar-refractivity contribution in [1.82, 2.24) is 19.6 Å². The first-order valence-electron chi connectivity index (χ1n) is 5.93. The quantitative estimate of drug-likeness (QED) is 0.774. The normalized spacial score (nSPS) is 11.0. The van der Waals surface area contributed by atoms with E-state index in [1.807, 2.05) is 12.1 Å². The number of hydrogen-bond donors (Lipinski definition) is 1. The summed E-state index contributed by atoms with van der Waals surface area (Å²) in [5.41, 5.74) is 7.01. The summed E-state index contributed by atoms with van der Waals surface area (Å²) in [6, 6.07) is 8.59. The number of nitrogens with zero attached hydrogens (tertiary/aromatic N) is 4. The van der Waals surface area contributed by atoms with E-state index in [0.29, 0.717) is 24.2 Å². The van der Waals surface area contributed by atoms with Crippen LogP contribution in [0.5, 0.6) is 0 Å². The van der Waals surface area contributed by atoms with Crippen molar-refractivity contribution in [2.24, 2.45) is 0 Å². The second-order valence-corrected chi connectivity index (χ2v) is 4.22. The molecule has 96 valence electrons. The number of benzene rings is 1. The molecule has 0 amide bonds. The molecule has 0 bridgehead atoms. The molecule has 0 aliphatic rings. The van der Waals surface area contributed by atoms with E-state index < -0.39 is 0 Å². The predicted molar refractivity (Wildman–Crippen MR) is 69.0 cm³/mol. The number of halogens is 1. The maximum Gasteiger partial charge on any atom is 0.254 e. The SMILES string of the molecule is Nc1nc2nc(CCc3ccccc3F)ccn2n1. The molecule has 3 rings (SSSR count). The minimum atomic E-state index is -0.185. The van der Waals surface area contributed by atoms with Gasteiger partial charge in [0.1, 0.15) is 5.82 Å². The summed E-state index contributed by atoms with van der Waals surface area (Å²) in [6.07, 6.45) is 2.99. The van der Waals surface area contributed by atoms with Crippen LogP contribution in [-0.4, -0.2) is 19.6 Å². The molecule has 0 unspecified atom stereocenters. The van der Waals surface area contributed by atoms with Crippen LogP contribution in [0.15, 0.2) is 36.5 Å². The Morgan fingerprint density at radius 1 is 1.11 bits per heavy atom. The van der Waals surface area contributed by atoms with Gasteiger partial charge < -0.3 is 5.73 Å². The minimum absolute atomic E-state index is 0.185. The number of nitrogen functional groups attached to an aromatic ring is 1. The van der Waals surface area contributed by atoms with Crippen LogP contribution in [0.1, 0.15) is 11.3 Å². The average Bonchev–Trinajstić information content (AvgIpc) is 2.77. The van der Waals surface area contributed by atoms with Crippen LogP contribution in [-0.2, 0) is 12.8 Å². The number of anilines is 1. The second kappa shape index (κ2) is 4.64. The summed E-state index contributed by atoms with van der Waals surface area (Å²) in [7, 11) is 0. The third kappa shape index (κ3) is 2.37. The zero-order valence-electron chi connectivity index (χ0n) is 10.1. The van der Waals surface area contributed by atoms with E-state index in [4.69, 9.17) is 5.73 Å². The number of hydrogen-bond acceptors (Lipinski definition) is 4. The Morgan fingerprint density at radius 3 is 2.79 bits per heavy atom. The molecule has 0 aliphatic carbocycles. The Kier molecular flexibility index (Phi) is 2.83. The number of nitrogens with two attached hydrogens (primary N) is 1. The average molecular weight is 257 g/mol. The van der Waals surface area contributed by atoms with Gasteiger partial charge in [-0.05, 0) is 30.5 Å². The van der Waals surface area contributed by atoms with Gasteiger partial charge >= 0.3 is 0 Å².